The van der Waals surface area contributed by atoms with Crippen molar-refractivity contribution >= 4 is 39.1 Å². The number of halogens is 1. The Hall–Kier alpha value is -2.74. The average Bonchev–Trinajstić information content (AvgIpc) is 3.06. The van der Waals surface area contributed by atoms with Gasteiger partial charge in [-0.15, -0.1) is 0 Å². The van der Waals surface area contributed by atoms with Crippen LogP contribution in [0.1, 0.15) is 30.5 Å². The molecule has 8 heteroatoms. The number of nitrogens with one attached hydrogen (secondary N) is 1. The Kier molecular flexibility index (Phi) is 5.79. The number of carbonyl (C=O) groups is 2. The summed E-state index contributed by atoms with van der Waals surface area (Å²) in [5.41, 5.74) is 2.41. The van der Waals surface area contributed by atoms with Crippen molar-refractivity contribution in [3.05, 3.63) is 68.2 Å². The molecular weight excluding hydrogens is 426 g/mol. The van der Waals surface area contributed by atoms with E-state index in [0.29, 0.717) is 12.1 Å². The van der Waals surface area contributed by atoms with Crippen molar-refractivity contribution in [2.45, 2.75) is 26.3 Å². The molecule has 1 N–H and O–H groups in total. The third-order valence-corrected chi connectivity index (χ3v) is 5.78. The number of nitro benzene ring substituents is 1. The molecule has 0 saturated carbocycles. The molecule has 1 heterocycles. The van der Waals surface area contributed by atoms with Crippen LogP contribution in [0, 0.1) is 23.0 Å². The van der Waals surface area contributed by atoms with Crippen molar-refractivity contribution < 1.29 is 14.5 Å². The maximum atomic E-state index is 12.7. The van der Waals surface area contributed by atoms with Crippen LogP contribution in [0.5, 0.6) is 0 Å². The second kappa shape index (κ2) is 8.10. The van der Waals surface area contributed by atoms with Gasteiger partial charge in [0, 0.05) is 35.3 Å². The smallest absolute Gasteiger partial charge is 0.269 e. The molecule has 3 rings (SSSR count). The lowest BCUT2D eigenvalue weighted by molar-refractivity contribution is -0.384. The van der Waals surface area contributed by atoms with Crippen molar-refractivity contribution in [2.24, 2.45) is 5.92 Å². The van der Waals surface area contributed by atoms with Crippen LogP contribution in [0.15, 0.2) is 46.9 Å². The molecule has 0 spiro atoms. The summed E-state index contributed by atoms with van der Waals surface area (Å²) in [6.07, 6.45) is 0.141. The average molecular weight is 446 g/mol. The van der Waals surface area contributed by atoms with E-state index in [0.717, 1.165) is 15.7 Å². The van der Waals surface area contributed by atoms with Gasteiger partial charge in [-0.3, -0.25) is 19.7 Å². The fourth-order valence-corrected chi connectivity index (χ4v) is 3.50. The van der Waals surface area contributed by atoms with E-state index in [-0.39, 0.29) is 23.9 Å². The Balaban J connectivity index is 1.68. The summed E-state index contributed by atoms with van der Waals surface area (Å²) in [6, 6.07) is 11.4. The molecule has 0 aliphatic carbocycles. The summed E-state index contributed by atoms with van der Waals surface area (Å²) in [6.45, 7) is 4.02. The SMILES string of the molecule is Cc1cc(N2CC(C(=O)NC(C)c3cccc([N+](=O)[O-])c3)CC2=O)ccc1Br. The number of nitro groups is 1. The van der Waals surface area contributed by atoms with Crippen LogP contribution in [0.25, 0.3) is 0 Å². The van der Waals surface area contributed by atoms with Gasteiger partial charge >= 0.3 is 0 Å². The van der Waals surface area contributed by atoms with E-state index >= 15 is 0 Å². The minimum atomic E-state index is -0.467. The highest BCUT2D eigenvalue weighted by Crippen LogP contribution is 2.29. The molecule has 0 aromatic heterocycles. The van der Waals surface area contributed by atoms with E-state index in [1.165, 1.54) is 12.1 Å². The molecule has 2 unspecified atom stereocenters. The van der Waals surface area contributed by atoms with Crippen molar-refractivity contribution in [2.75, 3.05) is 11.4 Å². The van der Waals surface area contributed by atoms with Gasteiger partial charge in [0.15, 0.2) is 0 Å². The predicted molar refractivity (Wildman–Crippen MR) is 109 cm³/mol. The molecule has 1 fully saturated rings. The van der Waals surface area contributed by atoms with Crippen LogP contribution in [0.4, 0.5) is 11.4 Å². The Morgan fingerprint density at radius 2 is 2.07 bits per heavy atom. The Morgan fingerprint density at radius 1 is 1.32 bits per heavy atom. The van der Waals surface area contributed by atoms with Gasteiger partial charge in [-0.1, -0.05) is 28.1 Å². The summed E-state index contributed by atoms with van der Waals surface area (Å²) in [5.74, 6) is -0.786. The third kappa shape index (κ3) is 4.22. The number of amides is 2. The quantitative estimate of drug-likeness (QED) is 0.557. The van der Waals surface area contributed by atoms with Crippen LogP contribution in [-0.4, -0.2) is 23.3 Å². The van der Waals surface area contributed by atoms with E-state index in [2.05, 4.69) is 21.2 Å². The lowest BCUT2D eigenvalue weighted by Gasteiger charge is -2.19. The summed E-state index contributed by atoms with van der Waals surface area (Å²) in [7, 11) is 0. The first-order chi connectivity index (χ1) is 13.3. The fourth-order valence-electron chi connectivity index (χ4n) is 3.25. The molecule has 1 aliphatic rings. The summed E-state index contributed by atoms with van der Waals surface area (Å²) in [5, 5.41) is 13.8. The van der Waals surface area contributed by atoms with E-state index in [4.69, 9.17) is 0 Å². The molecule has 2 atom stereocenters. The minimum absolute atomic E-state index is 0.0218. The third-order valence-electron chi connectivity index (χ3n) is 4.89. The molecule has 0 radical (unpaired) electrons. The predicted octanol–water partition coefficient (Wildman–Crippen LogP) is 3.90. The van der Waals surface area contributed by atoms with Crippen molar-refractivity contribution in [3.63, 3.8) is 0 Å². The van der Waals surface area contributed by atoms with E-state index in [9.17, 15) is 19.7 Å². The van der Waals surface area contributed by atoms with Crippen LogP contribution >= 0.6 is 15.9 Å². The summed E-state index contributed by atoms with van der Waals surface area (Å²) < 4.78 is 0.961. The number of hydrogen-bond donors (Lipinski definition) is 1. The van der Waals surface area contributed by atoms with Gasteiger partial charge in [0.05, 0.1) is 16.9 Å². The number of rotatable bonds is 5. The second-order valence-electron chi connectivity index (χ2n) is 6.92. The van der Waals surface area contributed by atoms with Gasteiger partial charge in [-0.25, -0.2) is 0 Å². The highest BCUT2D eigenvalue weighted by atomic mass is 79.9. The maximum absolute atomic E-state index is 12.7. The molecule has 2 aromatic carbocycles. The fraction of sp³-hybridized carbons (Fsp3) is 0.300. The highest BCUT2D eigenvalue weighted by Gasteiger charge is 2.35. The number of nitrogens with zero attached hydrogens (tertiary/aromatic N) is 2. The zero-order chi connectivity index (χ0) is 20.4. The summed E-state index contributed by atoms with van der Waals surface area (Å²) >= 11 is 3.44. The molecular formula is C20H20BrN3O4. The molecule has 1 saturated heterocycles. The lowest BCUT2D eigenvalue weighted by atomic mass is 10.0. The molecule has 2 amide bonds. The molecule has 7 nitrogen and oxygen atoms in total. The van der Waals surface area contributed by atoms with Crippen LogP contribution in [0.2, 0.25) is 0 Å². The zero-order valence-electron chi connectivity index (χ0n) is 15.5. The Morgan fingerprint density at radius 3 is 2.75 bits per heavy atom. The summed E-state index contributed by atoms with van der Waals surface area (Å²) in [4.78, 5) is 37.2. The normalized spacial score (nSPS) is 17.5. The number of anilines is 1. The Bertz CT molecular complexity index is 947. The first-order valence-electron chi connectivity index (χ1n) is 8.87. The van der Waals surface area contributed by atoms with E-state index in [1.807, 2.05) is 25.1 Å². The first kappa shape index (κ1) is 20.0. The number of benzene rings is 2. The van der Waals surface area contributed by atoms with Crippen molar-refractivity contribution in [1.29, 1.82) is 0 Å². The number of aryl methyl sites for hydroxylation is 1. The van der Waals surface area contributed by atoms with Gasteiger partial charge in [0.25, 0.3) is 5.69 Å². The molecule has 1 aliphatic heterocycles. The van der Waals surface area contributed by atoms with Crippen LogP contribution < -0.4 is 10.2 Å². The van der Waals surface area contributed by atoms with E-state index in [1.54, 1.807) is 24.0 Å². The molecule has 0 bridgehead atoms. The van der Waals surface area contributed by atoms with Gasteiger partial charge in [0.1, 0.15) is 0 Å². The first-order valence-corrected chi connectivity index (χ1v) is 9.67. The Labute approximate surface area is 171 Å². The topological polar surface area (TPSA) is 92.6 Å². The van der Waals surface area contributed by atoms with Crippen LogP contribution in [-0.2, 0) is 9.59 Å². The zero-order valence-corrected chi connectivity index (χ0v) is 17.1. The van der Waals surface area contributed by atoms with Gasteiger partial charge < -0.3 is 10.2 Å². The van der Waals surface area contributed by atoms with Gasteiger partial charge in [-0.05, 0) is 43.2 Å². The molecule has 146 valence electrons. The number of hydrogen-bond acceptors (Lipinski definition) is 4. The highest BCUT2D eigenvalue weighted by molar-refractivity contribution is 9.10. The largest absolute Gasteiger partial charge is 0.349 e. The van der Waals surface area contributed by atoms with E-state index < -0.39 is 16.9 Å². The monoisotopic (exact) mass is 445 g/mol. The second-order valence-corrected chi connectivity index (χ2v) is 7.78. The van der Waals surface area contributed by atoms with Crippen LogP contribution in [0.3, 0.4) is 0 Å². The molecule has 2 aromatic rings. The van der Waals surface area contributed by atoms with Crippen molar-refractivity contribution in [3.8, 4) is 0 Å². The maximum Gasteiger partial charge on any atom is 0.269 e. The number of carbonyl (C=O) groups excluding carboxylic acids is 2. The molecule has 28 heavy (non-hydrogen) atoms. The minimum Gasteiger partial charge on any atom is -0.349 e. The lowest BCUT2D eigenvalue weighted by Crippen LogP contribution is -2.34. The van der Waals surface area contributed by atoms with Gasteiger partial charge in [-0.2, -0.15) is 0 Å². The number of non-ortho nitro benzene ring substituents is 1. The standard InChI is InChI=1S/C20H20BrN3O4/c1-12-8-16(6-7-18(12)21)23-11-15(10-19(23)25)20(26)22-13(2)14-4-3-5-17(9-14)24(27)28/h3-9,13,15H,10-11H2,1-2H3,(H,22,26). The van der Waals surface area contributed by atoms with Gasteiger partial charge in [0.2, 0.25) is 11.8 Å². The van der Waals surface area contributed by atoms with Crippen molar-refractivity contribution in [1.82, 2.24) is 5.32 Å².